The van der Waals surface area contributed by atoms with Gasteiger partial charge in [0.05, 0.1) is 11.1 Å². The van der Waals surface area contributed by atoms with E-state index in [1.54, 1.807) is 17.0 Å². The summed E-state index contributed by atoms with van der Waals surface area (Å²) in [6.07, 6.45) is 0.587. The van der Waals surface area contributed by atoms with Crippen molar-refractivity contribution in [1.29, 1.82) is 0 Å². The first kappa shape index (κ1) is 32.0. The van der Waals surface area contributed by atoms with Crippen LogP contribution in [0.25, 0.3) is 0 Å². The fraction of sp³-hybridized carbons (Fsp3) is 0.333. The number of benzene rings is 2. The highest BCUT2D eigenvalue weighted by Crippen LogP contribution is 2.30. The molecule has 3 aromatic rings. The third kappa shape index (κ3) is 7.40. The molecule has 1 amide bonds. The van der Waals surface area contributed by atoms with E-state index in [9.17, 15) is 31.9 Å². The molecule has 0 fully saturated rings. The van der Waals surface area contributed by atoms with Gasteiger partial charge in [-0.15, -0.1) is 0 Å². The highest BCUT2D eigenvalue weighted by molar-refractivity contribution is 7.92. The van der Waals surface area contributed by atoms with Gasteiger partial charge in [0.25, 0.3) is 10.0 Å². The van der Waals surface area contributed by atoms with E-state index < -0.39 is 44.7 Å². The van der Waals surface area contributed by atoms with Crippen LogP contribution in [0.5, 0.6) is 5.75 Å². The first-order valence-electron chi connectivity index (χ1n) is 12.8. The lowest BCUT2D eigenvalue weighted by molar-refractivity contribution is -0.137. The predicted molar refractivity (Wildman–Crippen MR) is 152 cm³/mol. The summed E-state index contributed by atoms with van der Waals surface area (Å²) in [7, 11) is -0.195. The monoisotopic (exact) mass is 606 g/mol. The first-order valence-corrected chi connectivity index (χ1v) is 14.3. The smallest absolute Gasteiger partial charge is 0.414 e. The number of ether oxygens (including phenoxy) is 1. The Morgan fingerprint density at radius 1 is 1.02 bits per heavy atom. The maximum Gasteiger partial charge on any atom is 0.414 e. The van der Waals surface area contributed by atoms with E-state index in [1.807, 2.05) is 13.8 Å². The minimum Gasteiger partial charge on any atom is -0.480 e. The topological polar surface area (TPSA) is 145 Å². The minimum absolute atomic E-state index is 0.0546. The van der Waals surface area contributed by atoms with Gasteiger partial charge in [0.15, 0.2) is 17.5 Å². The van der Waals surface area contributed by atoms with Gasteiger partial charge < -0.3 is 25.0 Å². The quantitative estimate of drug-likeness (QED) is 0.314. The lowest BCUT2D eigenvalue weighted by Crippen LogP contribution is -2.35. The largest absolute Gasteiger partial charge is 0.480 e. The number of hydrogen-bond acceptors (Lipinski definition) is 9. The van der Waals surface area contributed by atoms with Gasteiger partial charge in [-0.2, -0.15) is 4.98 Å². The predicted octanol–water partition coefficient (Wildman–Crippen LogP) is 3.59. The summed E-state index contributed by atoms with van der Waals surface area (Å²) in [5.74, 6) is -3.42. The molecular formula is C27H32F2N6O6S. The summed E-state index contributed by atoms with van der Waals surface area (Å²) in [5, 5.41) is 12.8. The average Bonchev–Trinajstić information content (AvgIpc) is 2.95. The second-order valence-electron chi connectivity index (χ2n) is 9.27. The van der Waals surface area contributed by atoms with Gasteiger partial charge in [-0.25, -0.2) is 31.8 Å². The van der Waals surface area contributed by atoms with Crippen molar-refractivity contribution >= 4 is 39.5 Å². The number of aliphatic carboxylic acids is 1. The molecule has 42 heavy (non-hydrogen) atoms. The summed E-state index contributed by atoms with van der Waals surface area (Å²) < 4.78 is 60.0. The normalized spacial score (nSPS) is 11.9. The lowest BCUT2D eigenvalue weighted by Gasteiger charge is -2.26. The van der Waals surface area contributed by atoms with Gasteiger partial charge in [-0.05, 0) is 49.7 Å². The number of nitrogens with one attached hydrogen (secondary N) is 1. The third-order valence-electron chi connectivity index (χ3n) is 6.23. The van der Waals surface area contributed by atoms with Gasteiger partial charge in [-0.3, -0.25) is 4.31 Å². The number of rotatable bonds is 12. The van der Waals surface area contributed by atoms with E-state index in [0.717, 1.165) is 10.4 Å². The summed E-state index contributed by atoms with van der Waals surface area (Å²) in [4.78, 5) is 35.3. The second kappa shape index (κ2) is 13.4. The number of anilines is 3. The van der Waals surface area contributed by atoms with E-state index in [-0.39, 0.29) is 29.6 Å². The van der Waals surface area contributed by atoms with E-state index in [4.69, 9.17) is 4.74 Å². The molecular weight excluding hydrogens is 574 g/mol. The molecule has 1 unspecified atom stereocenters. The molecule has 2 N–H and O–H groups in total. The molecule has 0 aliphatic heterocycles. The Hall–Kier alpha value is -4.53. The van der Waals surface area contributed by atoms with E-state index in [1.165, 1.54) is 44.4 Å². The molecule has 0 bridgehead atoms. The Kier molecular flexibility index (Phi) is 10.2. The van der Waals surface area contributed by atoms with Crippen LogP contribution in [0, 0.1) is 11.6 Å². The molecule has 226 valence electrons. The third-order valence-corrected chi connectivity index (χ3v) is 8.00. The number of nitrogens with zero attached hydrogens (tertiary/aromatic N) is 5. The zero-order valence-corrected chi connectivity index (χ0v) is 24.5. The van der Waals surface area contributed by atoms with Gasteiger partial charge in [0.1, 0.15) is 17.5 Å². The standard InChI is InChI=1S/C27H32F2N6O6S/c1-6-35(7-2)26-30-16-23(34(5)42(39,40)19-12-13-20(28)21(29)15-19)24(32-26)31-22(25(36)37)14-17-8-10-18(11-9-17)41-27(38)33(3)4/h8-13,15-16,22H,6-7,14H2,1-5H3,(H,36,37)(H,30,31,32). The highest BCUT2D eigenvalue weighted by Gasteiger charge is 2.28. The summed E-state index contributed by atoms with van der Waals surface area (Å²) in [6.45, 7) is 4.77. The van der Waals surface area contributed by atoms with Crippen LogP contribution in [-0.2, 0) is 21.2 Å². The van der Waals surface area contributed by atoms with Gasteiger partial charge in [0, 0.05) is 40.7 Å². The number of sulfonamides is 1. The molecule has 1 atom stereocenters. The van der Waals surface area contributed by atoms with Crippen molar-refractivity contribution in [2.45, 2.75) is 31.2 Å². The average molecular weight is 607 g/mol. The van der Waals surface area contributed by atoms with Crippen molar-refractivity contribution in [2.75, 3.05) is 48.8 Å². The summed E-state index contributed by atoms with van der Waals surface area (Å²) in [5.41, 5.74) is 0.453. The van der Waals surface area contributed by atoms with Crippen LogP contribution in [0.4, 0.5) is 31.0 Å². The second-order valence-corrected chi connectivity index (χ2v) is 11.2. The molecule has 1 heterocycles. The van der Waals surface area contributed by atoms with Crippen LogP contribution in [0.3, 0.4) is 0 Å². The van der Waals surface area contributed by atoms with E-state index in [2.05, 4.69) is 15.3 Å². The Balaban J connectivity index is 1.98. The highest BCUT2D eigenvalue weighted by atomic mass is 32.2. The molecule has 0 aliphatic rings. The molecule has 0 saturated heterocycles. The summed E-state index contributed by atoms with van der Waals surface area (Å²) >= 11 is 0. The van der Waals surface area contributed by atoms with Crippen molar-refractivity contribution in [3.05, 3.63) is 65.9 Å². The number of carbonyl (C=O) groups excluding carboxylic acids is 1. The molecule has 0 aliphatic carbocycles. The Bertz CT molecular complexity index is 1530. The molecule has 3 rings (SSSR count). The molecule has 12 nitrogen and oxygen atoms in total. The van der Waals surface area contributed by atoms with Crippen molar-refractivity contribution in [3.8, 4) is 5.75 Å². The maximum absolute atomic E-state index is 13.9. The van der Waals surface area contributed by atoms with Crippen molar-refractivity contribution in [3.63, 3.8) is 0 Å². The number of aromatic nitrogens is 2. The van der Waals surface area contributed by atoms with Crippen molar-refractivity contribution in [2.24, 2.45) is 0 Å². The Morgan fingerprint density at radius 2 is 1.67 bits per heavy atom. The molecule has 15 heteroatoms. The molecule has 0 saturated carbocycles. The van der Waals surface area contributed by atoms with Crippen LogP contribution in [0.1, 0.15) is 19.4 Å². The zero-order valence-electron chi connectivity index (χ0n) is 23.7. The molecule has 0 radical (unpaired) electrons. The molecule has 0 spiro atoms. The number of carboxylic acid groups (broad SMARTS) is 1. The van der Waals surface area contributed by atoms with E-state index >= 15 is 0 Å². The van der Waals surface area contributed by atoms with E-state index in [0.29, 0.717) is 30.8 Å². The zero-order chi connectivity index (χ0) is 31.2. The summed E-state index contributed by atoms with van der Waals surface area (Å²) in [6, 6.07) is 7.12. The SMILES string of the molecule is CCN(CC)c1ncc(N(C)S(=O)(=O)c2ccc(F)c(F)c2)c(NC(Cc2ccc(OC(=O)N(C)C)cc2)C(=O)O)n1. The maximum atomic E-state index is 13.9. The Labute approximate surface area is 242 Å². The first-order chi connectivity index (χ1) is 19.8. The minimum atomic E-state index is -4.43. The Morgan fingerprint density at radius 3 is 2.21 bits per heavy atom. The van der Waals surface area contributed by atoms with Gasteiger partial charge >= 0.3 is 12.1 Å². The lowest BCUT2D eigenvalue weighted by atomic mass is 10.1. The molecule has 2 aromatic carbocycles. The number of halogens is 2. The number of amides is 1. The number of carboxylic acids is 1. The van der Waals surface area contributed by atoms with Crippen molar-refractivity contribution in [1.82, 2.24) is 14.9 Å². The van der Waals surface area contributed by atoms with Crippen LogP contribution in [0.2, 0.25) is 0 Å². The van der Waals surface area contributed by atoms with Crippen LogP contribution in [0.15, 0.2) is 53.6 Å². The van der Waals surface area contributed by atoms with Crippen LogP contribution >= 0.6 is 0 Å². The van der Waals surface area contributed by atoms with Gasteiger partial charge in [0.2, 0.25) is 5.95 Å². The number of carbonyl (C=O) groups is 2. The fourth-order valence-corrected chi connectivity index (χ4v) is 4.97. The fourth-order valence-electron chi connectivity index (χ4n) is 3.77. The van der Waals surface area contributed by atoms with Crippen LogP contribution < -0.4 is 19.3 Å². The van der Waals surface area contributed by atoms with Crippen LogP contribution in [-0.4, -0.2) is 80.7 Å². The molecule has 1 aromatic heterocycles. The van der Waals surface area contributed by atoms with Gasteiger partial charge in [-0.1, -0.05) is 12.1 Å². The van der Waals surface area contributed by atoms with Crippen molar-refractivity contribution < 1.29 is 36.6 Å². The number of hydrogen-bond donors (Lipinski definition) is 2.